The van der Waals surface area contributed by atoms with Crippen molar-refractivity contribution in [2.24, 2.45) is 7.05 Å². The van der Waals surface area contributed by atoms with Crippen molar-refractivity contribution in [3.63, 3.8) is 0 Å². The molecule has 0 spiro atoms. The van der Waals surface area contributed by atoms with Crippen LogP contribution in [-0.2, 0) is 7.05 Å². The van der Waals surface area contributed by atoms with Gasteiger partial charge in [0.25, 0.3) is 0 Å². The first-order chi connectivity index (χ1) is 12.6. The zero-order valence-corrected chi connectivity index (χ0v) is 14.6. The van der Waals surface area contributed by atoms with E-state index in [1.54, 1.807) is 25.2 Å². The molecule has 2 aromatic carbocycles. The second-order valence-corrected chi connectivity index (χ2v) is 6.74. The lowest BCUT2D eigenvalue weighted by Crippen LogP contribution is -2.41. The van der Waals surface area contributed by atoms with E-state index in [0.717, 1.165) is 19.4 Å². The van der Waals surface area contributed by atoms with Gasteiger partial charge < -0.3 is 14.6 Å². The number of hydrogen-bond donors (Lipinski definition) is 1. The molecule has 1 saturated heterocycles. The number of hydrogen-bond acceptors (Lipinski definition) is 3. The van der Waals surface area contributed by atoms with Crippen molar-refractivity contribution in [3.8, 4) is 0 Å². The van der Waals surface area contributed by atoms with E-state index in [0.29, 0.717) is 29.2 Å². The highest BCUT2D eigenvalue weighted by molar-refractivity contribution is 5.91. The Labute approximate surface area is 151 Å². The van der Waals surface area contributed by atoms with Gasteiger partial charge >= 0.3 is 11.8 Å². The molecular weight excluding hydrogens is 330 g/mol. The highest BCUT2D eigenvalue weighted by Gasteiger charge is 2.24. The Bertz CT molecular complexity index is 990. The van der Waals surface area contributed by atoms with Crippen molar-refractivity contribution in [2.75, 3.05) is 18.4 Å². The summed E-state index contributed by atoms with van der Waals surface area (Å²) in [5, 5.41) is 2.92. The number of amides is 2. The summed E-state index contributed by atoms with van der Waals surface area (Å²) < 4.78 is 6.62. The number of anilines is 1. The van der Waals surface area contributed by atoms with Gasteiger partial charge in [-0.25, -0.2) is 9.59 Å². The number of carbonyl (C=O) groups is 1. The largest absolute Gasteiger partial charge is 0.419 e. The molecule has 6 nitrogen and oxygen atoms in total. The van der Waals surface area contributed by atoms with Crippen LogP contribution in [0.4, 0.5) is 10.5 Å². The van der Waals surface area contributed by atoms with Crippen LogP contribution in [0.2, 0.25) is 0 Å². The van der Waals surface area contributed by atoms with Gasteiger partial charge in [0.05, 0.1) is 5.52 Å². The molecule has 6 heteroatoms. The molecule has 4 rings (SSSR count). The van der Waals surface area contributed by atoms with Crippen LogP contribution < -0.4 is 11.1 Å². The van der Waals surface area contributed by atoms with E-state index in [1.807, 2.05) is 23.1 Å². The Morgan fingerprint density at radius 2 is 2.00 bits per heavy atom. The number of piperidine rings is 1. The van der Waals surface area contributed by atoms with Crippen LogP contribution in [0, 0.1) is 0 Å². The van der Waals surface area contributed by atoms with Crippen molar-refractivity contribution in [2.45, 2.75) is 18.8 Å². The van der Waals surface area contributed by atoms with Crippen molar-refractivity contribution < 1.29 is 9.21 Å². The van der Waals surface area contributed by atoms with Gasteiger partial charge in [-0.2, -0.15) is 0 Å². The van der Waals surface area contributed by atoms with E-state index in [1.165, 1.54) is 10.1 Å². The molecule has 1 N–H and O–H groups in total. The molecule has 1 aliphatic heterocycles. The minimum Gasteiger partial charge on any atom is -0.408 e. The fourth-order valence-corrected chi connectivity index (χ4v) is 3.57. The van der Waals surface area contributed by atoms with Gasteiger partial charge in [0.15, 0.2) is 5.58 Å². The van der Waals surface area contributed by atoms with Crippen LogP contribution in [0.5, 0.6) is 0 Å². The minimum atomic E-state index is -0.412. The molecule has 134 valence electrons. The Morgan fingerprint density at radius 3 is 2.81 bits per heavy atom. The lowest BCUT2D eigenvalue weighted by atomic mass is 9.91. The number of aryl methyl sites for hydroxylation is 1. The molecule has 1 atom stereocenters. The third kappa shape index (κ3) is 3.10. The average molecular weight is 351 g/mol. The van der Waals surface area contributed by atoms with Crippen LogP contribution in [-0.4, -0.2) is 28.6 Å². The molecule has 26 heavy (non-hydrogen) atoms. The van der Waals surface area contributed by atoms with Crippen LogP contribution in [0.25, 0.3) is 11.1 Å². The number of fused-ring (bicyclic) bond motifs is 1. The number of rotatable bonds is 2. The minimum absolute atomic E-state index is 0.122. The Kier molecular flexibility index (Phi) is 4.24. The summed E-state index contributed by atoms with van der Waals surface area (Å²) in [5.41, 5.74) is 3.07. The molecule has 1 fully saturated rings. The summed E-state index contributed by atoms with van der Waals surface area (Å²) >= 11 is 0. The number of urea groups is 1. The summed E-state index contributed by atoms with van der Waals surface area (Å²) in [4.78, 5) is 26.1. The van der Waals surface area contributed by atoms with Crippen LogP contribution in [0.1, 0.15) is 24.3 Å². The molecular formula is C20H21N3O3. The zero-order chi connectivity index (χ0) is 18.1. The molecule has 1 unspecified atom stereocenters. The quantitative estimate of drug-likeness (QED) is 0.768. The maximum absolute atomic E-state index is 12.7. The summed E-state index contributed by atoms with van der Waals surface area (Å²) in [6.45, 7) is 1.45. The number of likely N-dealkylation sites (tertiary alicyclic amines) is 1. The molecule has 0 aliphatic carbocycles. The smallest absolute Gasteiger partial charge is 0.408 e. The maximum atomic E-state index is 12.7. The zero-order valence-electron chi connectivity index (χ0n) is 14.6. The summed E-state index contributed by atoms with van der Waals surface area (Å²) in [5.74, 6) is -0.0458. The van der Waals surface area contributed by atoms with Crippen molar-refractivity contribution in [1.29, 1.82) is 0 Å². The van der Waals surface area contributed by atoms with Gasteiger partial charge in [0, 0.05) is 37.8 Å². The summed E-state index contributed by atoms with van der Waals surface area (Å²) in [7, 11) is 1.66. The van der Waals surface area contributed by atoms with Gasteiger partial charge in [-0.3, -0.25) is 4.57 Å². The monoisotopic (exact) mass is 351 g/mol. The number of carbonyl (C=O) groups excluding carboxylic acids is 1. The Hall–Kier alpha value is -3.02. The van der Waals surface area contributed by atoms with E-state index in [9.17, 15) is 9.59 Å². The lowest BCUT2D eigenvalue weighted by Gasteiger charge is -2.33. The molecule has 0 saturated carbocycles. The normalized spacial score (nSPS) is 17.4. The van der Waals surface area contributed by atoms with E-state index < -0.39 is 5.76 Å². The number of nitrogens with one attached hydrogen (secondary N) is 1. The lowest BCUT2D eigenvalue weighted by molar-refractivity contribution is 0.193. The highest BCUT2D eigenvalue weighted by Crippen LogP contribution is 2.27. The van der Waals surface area contributed by atoms with E-state index in [2.05, 4.69) is 17.4 Å². The van der Waals surface area contributed by atoms with Crippen molar-refractivity contribution in [3.05, 3.63) is 64.6 Å². The van der Waals surface area contributed by atoms with Gasteiger partial charge in [0.1, 0.15) is 0 Å². The molecule has 0 radical (unpaired) electrons. The second kappa shape index (κ2) is 6.71. The average Bonchev–Trinajstić information content (AvgIpc) is 2.96. The Morgan fingerprint density at radius 1 is 1.19 bits per heavy atom. The van der Waals surface area contributed by atoms with Gasteiger partial charge in [-0.15, -0.1) is 0 Å². The second-order valence-electron chi connectivity index (χ2n) is 6.74. The number of benzene rings is 2. The SMILES string of the molecule is Cn1c(=O)oc2cc(NC(=O)N3CCCC(c4ccccc4)C3)ccc21. The standard InChI is InChI=1S/C20H21N3O3/c1-22-17-10-9-16(12-18(17)26-20(22)25)21-19(24)23-11-5-8-15(13-23)14-6-3-2-4-7-14/h2-4,6-7,9-10,12,15H,5,8,11,13H2,1H3,(H,21,24). The van der Waals surface area contributed by atoms with Crippen molar-refractivity contribution >= 4 is 22.8 Å². The molecule has 1 aliphatic rings. The van der Waals surface area contributed by atoms with E-state index >= 15 is 0 Å². The Balaban J connectivity index is 1.48. The first-order valence-electron chi connectivity index (χ1n) is 8.82. The molecule has 3 aromatic rings. The predicted octanol–water partition coefficient (Wildman–Crippen LogP) is 3.54. The fourth-order valence-electron chi connectivity index (χ4n) is 3.57. The van der Waals surface area contributed by atoms with Gasteiger partial charge in [0.2, 0.25) is 0 Å². The molecule has 0 bridgehead atoms. The number of aromatic nitrogens is 1. The number of oxazole rings is 1. The fraction of sp³-hybridized carbons (Fsp3) is 0.300. The maximum Gasteiger partial charge on any atom is 0.419 e. The number of nitrogens with zero attached hydrogens (tertiary/aromatic N) is 2. The third-order valence-electron chi connectivity index (χ3n) is 5.02. The van der Waals surface area contributed by atoms with E-state index in [4.69, 9.17) is 4.42 Å². The van der Waals surface area contributed by atoms with E-state index in [-0.39, 0.29) is 6.03 Å². The van der Waals surface area contributed by atoms with Crippen LogP contribution in [0.3, 0.4) is 0 Å². The third-order valence-corrected chi connectivity index (χ3v) is 5.02. The molecule has 2 heterocycles. The first kappa shape index (κ1) is 16.4. The topological polar surface area (TPSA) is 67.5 Å². The van der Waals surface area contributed by atoms with Gasteiger partial charge in [-0.05, 0) is 30.5 Å². The molecule has 2 amide bonds. The molecule has 1 aromatic heterocycles. The first-order valence-corrected chi connectivity index (χ1v) is 8.82. The summed E-state index contributed by atoms with van der Waals surface area (Å²) in [6, 6.07) is 15.5. The van der Waals surface area contributed by atoms with Crippen LogP contribution in [0.15, 0.2) is 57.7 Å². The van der Waals surface area contributed by atoms with Crippen LogP contribution >= 0.6 is 0 Å². The predicted molar refractivity (Wildman–Crippen MR) is 100 cm³/mol. The highest BCUT2D eigenvalue weighted by atomic mass is 16.4. The van der Waals surface area contributed by atoms with Gasteiger partial charge in [-0.1, -0.05) is 30.3 Å². The van der Waals surface area contributed by atoms with Crippen molar-refractivity contribution in [1.82, 2.24) is 9.47 Å². The summed E-state index contributed by atoms with van der Waals surface area (Å²) in [6.07, 6.45) is 2.08.